The average Bonchev–Trinajstić information content (AvgIpc) is 3.04. The number of nitrogens with zero attached hydrogens (tertiary/aromatic N) is 2. The summed E-state index contributed by atoms with van der Waals surface area (Å²) in [7, 11) is 3.50. The van der Waals surface area contributed by atoms with Crippen molar-refractivity contribution in [2.24, 2.45) is 31.8 Å². The zero-order chi connectivity index (χ0) is 23.4. The molecule has 35 heavy (non-hydrogen) atoms. The van der Waals surface area contributed by atoms with Crippen LogP contribution in [0.25, 0.3) is 11.0 Å². The molecule has 2 N–H and O–H groups in total. The highest BCUT2D eigenvalue weighted by atomic mass is 35.5. The Labute approximate surface area is 212 Å². The summed E-state index contributed by atoms with van der Waals surface area (Å²) in [6.45, 7) is 1.07. The fraction of sp³-hybridized carbons (Fsp3) is 0.536. The molecule has 0 saturated heterocycles. The van der Waals surface area contributed by atoms with Gasteiger partial charge in [0, 0.05) is 26.2 Å². The standard InChI is InChI=1S/C28H35N3O3.ClH/c1-30-24-8-5-22(12-25(24)31(2)27(30)33)26(32)17-34-23-6-3-18(4-7-23)16-29-28-13-19-9-20(14-28)11-21(10-19)15-28;/h3-8,12,19-21,26,29,32H,9-11,13-17H2,1-2H3;1H/p-1. The molecule has 188 valence electrons. The van der Waals surface area contributed by atoms with Gasteiger partial charge in [0.05, 0.1) is 11.0 Å². The van der Waals surface area contributed by atoms with Crippen LogP contribution in [0.15, 0.2) is 47.3 Å². The molecule has 1 unspecified atom stereocenters. The van der Waals surface area contributed by atoms with E-state index in [0.29, 0.717) is 5.54 Å². The van der Waals surface area contributed by atoms with E-state index in [9.17, 15) is 9.90 Å². The van der Waals surface area contributed by atoms with Crippen LogP contribution in [0.5, 0.6) is 5.75 Å². The highest BCUT2D eigenvalue weighted by Crippen LogP contribution is 2.55. The number of aliphatic hydroxyl groups is 1. The third kappa shape index (κ3) is 4.52. The number of imidazole rings is 1. The molecule has 4 saturated carbocycles. The Kier molecular flexibility index (Phi) is 6.49. The van der Waals surface area contributed by atoms with E-state index in [0.717, 1.165) is 46.6 Å². The Morgan fingerprint density at radius 1 is 0.971 bits per heavy atom. The van der Waals surface area contributed by atoms with Crippen molar-refractivity contribution in [3.05, 3.63) is 64.1 Å². The van der Waals surface area contributed by atoms with Crippen molar-refractivity contribution >= 4 is 11.0 Å². The number of fused-ring (bicyclic) bond motifs is 1. The summed E-state index contributed by atoms with van der Waals surface area (Å²) >= 11 is 0. The van der Waals surface area contributed by atoms with Crippen LogP contribution in [0, 0.1) is 17.8 Å². The van der Waals surface area contributed by atoms with E-state index in [2.05, 4.69) is 17.4 Å². The van der Waals surface area contributed by atoms with Crippen molar-refractivity contribution in [1.29, 1.82) is 0 Å². The summed E-state index contributed by atoms with van der Waals surface area (Å²) in [5.74, 6) is 3.61. The largest absolute Gasteiger partial charge is 1.00 e. The fourth-order valence-electron chi connectivity index (χ4n) is 7.32. The maximum atomic E-state index is 12.1. The van der Waals surface area contributed by atoms with Crippen LogP contribution in [0.3, 0.4) is 0 Å². The SMILES string of the molecule is Cn1c(=O)n(C)c2cc(C(O)COc3ccc(CNC45CC6CC(CC(C6)C4)C5)cc3)ccc21.[Cl-]. The van der Waals surface area contributed by atoms with Crippen molar-refractivity contribution in [1.82, 2.24) is 14.5 Å². The number of benzene rings is 2. The van der Waals surface area contributed by atoms with Gasteiger partial charge in [0.1, 0.15) is 18.5 Å². The van der Waals surface area contributed by atoms with Crippen LogP contribution in [0.1, 0.15) is 55.8 Å². The number of nitrogens with one attached hydrogen (secondary N) is 1. The van der Waals surface area contributed by atoms with Crippen molar-refractivity contribution in [2.75, 3.05) is 6.61 Å². The predicted molar refractivity (Wildman–Crippen MR) is 133 cm³/mol. The highest BCUT2D eigenvalue weighted by molar-refractivity contribution is 5.77. The monoisotopic (exact) mass is 496 g/mol. The Bertz CT molecular complexity index is 1230. The van der Waals surface area contributed by atoms with Crippen molar-refractivity contribution in [3.63, 3.8) is 0 Å². The lowest BCUT2D eigenvalue weighted by atomic mass is 9.53. The number of aryl methyl sites for hydroxylation is 2. The molecule has 0 aliphatic heterocycles. The van der Waals surface area contributed by atoms with Gasteiger partial charge in [-0.3, -0.25) is 9.13 Å². The summed E-state index contributed by atoms with van der Waals surface area (Å²) in [4.78, 5) is 12.1. The lowest BCUT2D eigenvalue weighted by Gasteiger charge is -2.57. The molecular weight excluding hydrogens is 462 g/mol. The normalized spacial score (nSPS) is 27.7. The molecule has 2 aromatic carbocycles. The summed E-state index contributed by atoms with van der Waals surface area (Å²) < 4.78 is 9.10. The first-order valence-electron chi connectivity index (χ1n) is 12.7. The summed E-state index contributed by atoms with van der Waals surface area (Å²) in [5, 5.41) is 14.6. The molecule has 6 nitrogen and oxygen atoms in total. The summed E-state index contributed by atoms with van der Waals surface area (Å²) in [5.41, 5.74) is 3.97. The number of hydrogen-bond donors (Lipinski definition) is 2. The molecule has 7 heteroatoms. The minimum Gasteiger partial charge on any atom is -1.00 e. The zero-order valence-corrected chi connectivity index (χ0v) is 21.3. The third-order valence-corrected chi connectivity index (χ3v) is 8.72. The summed E-state index contributed by atoms with van der Waals surface area (Å²) in [6, 6.07) is 13.8. The lowest BCUT2D eigenvalue weighted by molar-refractivity contribution is -0.0206. The number of aromatic nitrogens is 2. The van der Waals surface area contributed by atoms with Gasteiger partial charge in [-0.1, -0.05) is 18.2 Å². The van der Waals surface area contributed by atoms with E-state index in [1.165, 1.54) is 44.1 Å². The number of rotatable bonds is 7. The number of hydrogen-bond acceptors (Lipinski definition) is 4. The second-order valence-corrected chi connectivity index (χ2v) is 11.2. The maximum absolute atomic E-state index is 12.1. The van der Waals surface area contributed by atoms with E-state index in [4.69, 9.17) is 4.74 Å². The molecule has 0 spiro atoms. The van der Waals surface area contributed by atoms with Crippen LogP contribution in [-0.2, 0) is 20.6 Å². The van der Waals surface area contributed by atoms with Gasteiger partial charge >= 0.3 is 5.69 Å². The van der Waals surface area contributed by atoms with Gasteiger partial charge in [-0.15, -0.1) is 0 Å². The Hall–Kier alpha value is -2.28. The third-order valence-electron chi connectivity index (χ3n) is 8.72. The molecular formula is C28H35ClN3O3-. The second kappa shape index (κ2) is 9.30. The molecule has 1 aromatic heterocycles. The fourth-order valence-corrected chi connectivity index (χ4v) is 7.32. The topological polar surface area (TPSA) is 68.4 Å². The molecule has 1 heterocycles. The first-order chi connectivity index (χ1) is 16.4. The van der Waals surface area contributed by atoms with Crippen LogP contribution in [0.4, 0.5) is 0 Å². The molecule has 0 radical (unpaired) electrons. The summed E-state index contributed by atoms with van der Waals surface area (Å²) in [6.07, 6.45) is 7.73. The van der Waals surface area contributed by atoms with E-state index >= 15 is 0 Å². The van der Waals surface area contributed by atoms with Crippen molar-refractivity contribution in [3.8, 4) is 5.75 Å². The van der Waals surface area contributed by atoms with Gasteiger partial charge in [0.15, 0.2) is 0 Å². The van der Waals surface area contributed by atoms with E-state index in [1.807, 2.05) is 30.3 Å². The van der Waals surface area contributed by atoms with Crippen molar-refractivity contribution in [2.45, 2.75) is 56.7 Å². The highest BCUT2D eigenvalue weighted by Gasteiger charge is 2.50. The zero-order valence-electron chi connectivity index (χ0n) is 20.5. The minimum absolute atomic E-state index is 0. The van der Waals surface area contributed by atoms with Crippen LogP contribution in [-0.4, -0.2) is 26.4 Å². The molecule has 3 aromatic rings. The van der Waals surface area contributed by atoms with E-state index in [1.54, 1.807) is 23.2 Å². The van der Waals surface area contributed by atoms with Gasteiger partial charge in [0.25, 0.3) is 0 Å². The van der Waals surface area contributed by atoms with Gasteiger partial charge in [0.2, 0.25) is 0 Å². The first-order valence-corrected chi connectivity index (χ1v) is 12.7. The number of ether oxygens (including phenoxy) is 1. The molecule has 0 amide bonds. The van der Waals surface area contributed by atoms with Gasteiger partial charge in [-0.2, -0.15) is 0 Å². The molecule has 7 rings (SSSR count). The molecule has 4 fully saturated rings. The number of halogens is 1. The second-order valence-electron chi connectivity index (χ2n) is 11.2. The minimum atomic E-state index is -0.767. The quantitative estimate of drug-likeness (QED) is 0.513. The van der Waals surface area contributed by atoms with Gasteiger partial charge in [-0.25, -0.2) is 4.79 Å². The maximum Gasteiger partial charge on any atom is 0.328 e. The van der Waals surface area contributed by atoms with Gasteiger partial charge in [-0.05, 0) is 91.7 Å². The molecule has 4 bridgehead atoms. The first kappa shape index (κ1) is 24.4. The van der Waals surface area contributed by atoms with Crippen LogP contribution < -0.4 is 28.2 Å². The Morgan fingerprint density at radius 3 is 2.20 bits per heavy atom. The van der Waals surface area contributed by atoms with E-state index < -0.39 is 6.10 Å². The Morgan fingerprint density at radius 2 is 1.57 bits per heavy atom. The van der Waals surface area contributed by atoms with Crippen LogP contribution >= 0.6 is 0 Å². The Balaban J connectivity index is 0.00000253. The smallest absolute Gasteiger partial charge is 0.328 e. The molecule has 1 atom stereocenters. The van der Waals surface area contributed by atoms with Crippen molar-refractivity contribution < 1.29 is 22.3 Å². The predicted octanol–water partition coefficient (Wildman–Crippen LogP) is 1.05. The van der Waals surface area contributed by atoms with Gasteiger partial charge < -0.3 is 27.6 Å². The van der Waals surface area contributed by atoms with Crippen LogP contribution in [0.2, 0.25) is 0 Å². The molecule has 4 aliphatic carbocycles. The number of aliphatic hydroxyl groups excluding tert-OH is 1. The molecule has 4 aliphatic rings. The van der Waals surface area contributed by atoms with E-state index in [-0.39, 0.29) is 24.7 Å². The lowest BCUT2D eigenvalue weighted by Crippen LogP contribution is -3.00. The average molecular weight is 497 g/mol.